The zero-order valence-corrected chi connectivity index (χ0v) is 13.4. The molecule has 0 spiro atoms. The fraction of sp³-hybridized carbons (Fsp3) is 0.250. The lowest BCUT2D eigenvalue weighted by atomic mass is 10.2. The first-order chi connectivity index (χ1) is 11.1. The van der Waals surface area contributed by atoms with Crippen molar-refractivity contribution in [2.75, 3.05) is 20.3 Å². The molecule has 0 saturated carbocycles. The summed E-state index contributed by atoms with van der Waals surface area (Å²) >= 11 is 0.946. The lowest BCUT2D eigenvalue weighted by Crippen LogP contribution is -2.22. The van der Waals surface area contributed by atoms with Crippen LogP contribution in [0.15, 0.2) is 36.4 Å². The number of nitrogens with one attached hydrogen (secondary N) is 1. The van der Waals surface area contributed by atoms with E-state index in [9.17, 15) is 9.59 Å². The molecule has 6 nitrogen and oxygen atoms in total. The van der Waals surface area contributed by atoms with Gasteiger partial charge in [-0.1, -0.05) is 18.2 Å². The number of carbonyl (C=O) groups excluding carboxylic acids is 1. The Morgan fingerprint density at radius 1 is 1.13 bits per heavy atom. The van der Waals surface area contributed by atoms with Crippen LogP contribution in [0.4, 0.5) is 0 Å². The number of carboxylic acid groups (broad SMARTS) is 1. The molecule has 0 fully saturated rings. The number of para-hydroxylation sites is 1. The molecule has 0 saturated heterocycles. The summed E-state index contributed by atoms with van der Waals surface area (Å²) in [5.41, 5.74) is 0.840. The van der Waals surface area contributed by atoms with Gasteiger partial charge in [0.2, 0.25) is 0 Å². The van der Waals surface area contributed by atoms with Gasteiger partial charge >= 0.3 is 5.97 Å². The summed E-state index contributed by atoms with van der Waals surface area (Å²) in [5.74, 6) is -0.664. The molecule has 23 heavy (non-hydrogen) atoms. The summed E-state index contributed by atoms with van der Waals surface area (Å²) < 4.78 is 10.5. The highest BCUT2D eigenvalue weighted by molar-refractivity contribution is 7.15. The van der Waals surface area contributed by atoms with Crippen LogP contribution in [-0.4, -0.2) is 37.3 Å². The van der Waals surface area contributed by atoms with Gasteiger partial charge in [-0.05, 0) is 18.2 Å². The highest BCUT2D eigenvalue weighted by Gasteiger charge is 2.13. The van der Waals surface area contributed by atoms with E-state index in [4.69, 9.17) is 14.6 Å². The maximum Gasteiger partial charge on any atom is 0.345 e. The molecular weight excluding hydrogens is 318 g/mol. The number of amides is 1. The highest BCUT2D eigenvalue weighted by atomic mass is 32.1. The fourth-order valence-electron chi connectivity index (χ4n) is 1.86. The Morgan fingerprint density at radius 3 is 2.57 bits per heavy atom. The third-order valence-corrected chi connectivity index (χ3v) is 4.07. The topological polar surface area (TPSA) is 84.9 Å². The Kier molecular flexibility index (Phi) is 6.13. The van der Waals surface area contributed by atoms with Gasteiger partial charge in [0.1, 0.15) is 17.2 Å². The lowest BCUT2D eigenvalue weighted by molar-refractivity contribution is 0.0702. The van der Waals surface area contributed by atoms with Crippen molar-refractivity contribution in [3.05, 3.63) is 51.7 Å². The maximum atomic E-state index is 12.1. The summed E-state index contributed by atoms with van der Waals surface area (Å²) in [6.07, 6.45) is 0. The zero-order chi connectivity index (χ0) is 16.7. The van der Waals surface area contributed by atoms with E-state index in [0.717, 1.165) is 16.9 Å². The fourth-order valence-corrected chi connectivity index (χ4v) is 2.62. The van der Waals surface area contributed by atoms with E-state index in [0.29, 0.717) is 30.4 Å². The summed E-state index contributed by atoms with van der Waals surface area (Å²) in [7, 11) is 1.60. The number of thiophene rings is 1. The van der Waals surface area contributed by atoms with E-state index in [1.54, 1.807) is 7.11 Å². The van der Waals surface area contributed by atoms with Gasteiger partial charge in [-0.2, -0.15) is 0 Å². The minimum Gasteiger partial charge on any atom is -0.491 e. The Morgan fingerprint density at radius 2 is 1.87 bits per heavy atom. The van der Waals surface area contributed by atoms with Crippen molar-refractivity contribution in [1.82, 2.24) is 5.32 Å². The number of carbonyl (C=O) groups is 2. The molecule has 1 heterocycles. The number of rotatable bonds is 8. The average molecular weight is 335 g/mol. The largest absolute Gasteiger partial charge is 0.491 e. The first-order valence-electron chi connectivity index (χ1n) is 6.92. The third kappa shape index (κ3) is 4.80. The average Bonchev–Trinajstić information content (AvgIpc) is 3.04. The summed E-state index contributed by atoms with van der Waals surface area (Å²) in [5, 5.41) is 11.6. The molecule has 122 valence electrons. The summed E-state index contributed by atoms with van der Waals surface area (Å²) in [6.45, 7) is 1.20. The zero-order valence-electron chi connectivity index (χ0n) is 12.6. The van der Waals surface area contributed by atoms with Crippen LogP contribution in [0.5, 0.6) is 5.75 Å². The summed E-state index contributed by atoms with van der Waals surface area (Å²) in [4.78, 5) is 23.4. The molecule has 1 aromatic heterocycles. The van der Waals surface area contributed by atoms with Crippen LogP contribution in [0.1, 0.15) is 24.9 Å². The highest BCUT2D eigenvalue weighted by Crippen LogP contribution is 2.19. The first kappa shape index (κ1) is 17.0. The molecule has 0 atom stereocenters. The molecule has 0 bridgehead atoms. The molecule has 0 radical (unpaired) electrons. The van der Waals surface area contributed by atoms with Gasteiger partial charge in [-0.3, -0.25) is 4.79 Å². The van der Waals surface area contributed by atoms with Crippen molar-refractivity contribution >= 4 is 23.2 Å². The smallest absolute Gasteiger partial charge is 0.345 e. The molecule has 1 amide bonds. The number of methoxy groups -OCH3 is 1. The van der Waals surface area contributed by atoms with E-state index < -0.39 is 5.97 Å². The van der Waals surface area contributed by atoms with Gasteiger partial charge in [0, 0.05) is 19.2 Å². The van der Waals surface area contributed by atoms with E-state index >= 15 is 0 Å². The number of hydrogen-bond donors (Lipinski definition) is 2. The minimum atomic E-state index is -1.04. The first-order valence-corrected chi connectivity index (χ1v) is 7.74. The molecule has 2 rings (SSSR count). The maximum absolute atomic E-state index is 12.1. The molecule has 0 unspecified atom stereocenters. The van der Waals surface area contributed by atoms with Crippen molar-refractivity contribution in [1.29, 1.82) is 0 Å². The molecule has 0 aliphatic carbocycles. The van der Waals surface area contributed by atoms with E-state index in [1.165, 1.54) is 12.1 Å². The Hall–Kier alpha value is -2.38. The third-order valence-electron chi connectivity index (χ3n) is 3.00. The lowest BCUT2D eigenvalue weighted by Gasteiger charge is -2.11. The van der Waals surface area contributed by atoms with Crippen LogP contribution >= 0.6 is 11.3 Å². The second-order valence-electron chi connectivity index (χ2n) is 4.60. The minimum absolute atomic E-state index is 0.137. The van der Waals surface area contributed by atoms with E-state index in [1.807, 2.05) is 24.3 Å². The van der Waals surface area contributed by atoms with Gasteiger partial charge < -0.3 is 19.9 Å². The number of carboxylic acids is 1. The monoisotopic (exact) mass is 335 g/mol. The van der Waals surface area contributed by atoms with E-state index in [-0.39, 0.29) is 10.8 Å². The Balaban J connectivity index is 1.96. The second kappa shape index (κ2) is 8.30. The van der Waals surface area contributed by atoms with Crippen molar-refractivity contribution in [3.8, 4) is 5.75 Å². The SMILES string of the molecule is COCCOc1ccccc1CNC(=O)c1ccc(C(=O)O)s1. The van der Waals surface area contributed by atoms with Crippen LogP contribution in [-0.2, 0) is 11.3 Å². The van der Waals surface area contributed by atoms with Crippen LogP contribution in [0, 0.1) is 0 Å². The van der Waals surface area contributed by atoms with Crippen LogP contribution < -0.4 is 10.1 Å². The molecule has 7 heteroatoms. The molecule has 2 aromatic rings. The van der Waals surface area contributed by atoms with Crippen molar-refractivity contribution in [2.45, 2.75) is 6.54 Å². The van der Waals surface area contributed by atoms with Crippen molar-refractivity contribution < 1.29 is 24.2 Å². The number of aromatic carboxylic acids is 1. The predicted octanol–water partition coefficient (Wildman–Crippen LogP) is 2.40. The van der Waals surface area contributed by atoms with Crippen molar-refractivity contribution in [3.63, 3.8) is 0 Å². The van der Waals surface area contributed by atoms with Crippen LogP contribution in [0.2, 0.25) is 0 Å². The normalized spacial score (nSPS) is 10.3. The molecular formula is C16H17NO5S. The molecule has 2 N–H and O–H groups in total. The van der Waals surface area contributed by atoms with Crippen LogP contribution in [0.25, 0.3) is 0 Å². The number of benzene rings is 1. The van der Waals surface area contributed by atoms with Gasteiger partial charge in [0.05, 0.1) is 11.5 Å². The molecule has 0 aliphatic rings. The molecule has 1 aromatic carbocycles. The predicted molar refractivity (Wildman–Crippen MR) is 86.3 cm³/mol. The number of ether oxygens (including phenoxy) is 2. The van der Waals surface area contributed by atoms with Gasteiger partial charge in [-0.15, -0.1) is 11.3 Å². The number of hydrogen-bond acceptors (Lipinski definition) is 5. The molecule has 0 aliphatic heterocycles. The second-order valence-corrected chi connectivity index (χ2v) is 5.68. The van der Waals surface area contributed by atoms with Crippen molar-refractivity contribution in [2.24, 2.45) is 0 Å². The van der Waals surface area contributed by atoms with Gasteiger partial charge in [0.25, 0.3) is 5.91 Å². The Bertz CT molecular complexity index is 683. The standard InChI is InChI=1S/C16H17NO5S/c1-21-8-9-22-12-5-3-2-4-11(12)10-17-15(18)13-6-7-14(23-13)16(19)20/h2-7H,8-10H2,1H3,(H,17,18)(H,19,20). The van der Waals surface area contributed by atoms with Gasteiger partial charge in [-0.25, -0.2) is 4.79 Å². The van der Waals surface area contributed by atoms with Gasteiger partial charge in [0.15, 0.2) is 0 Å². The quantitative estimate of drug-likeness (QED) is 0.724. The summed E-state index contributed by atoms with van der Waals surface area (Å²) in [6, 6.07) is 10.3. The van der Waals surface area contributed by atoms with E-state index in [2.05, 4.69) is 5.32 Å². The van der Waals surface area contributed by atoms with Crippen LogP contribution in [0.3, 0.4) is 0 Å². The Labute approximate surface area is 137 Å².